The molecule has 158 valence electrons. The van der Waals surface area contributed by atoms with E-state index in [9.17, 15) is 17.6 Å². The number of amides is 1. The van der Waals surface area contributed by atoms with Crippen molar-refractivity contribution in [3.63, 3.8) is 0 Å². The molecule has 1 aromatic carbocycles. The zero-order valence-electron chi connectivity index (χ0n) is 17.0. The number of carbonyl (C=O) groups is 1. The molecule has 9 heteroatoms. The fourth-order valence-corrected chi connectivity index (χ4v) is 4.97. The Kier molecular flexibility index (Phi) is 5.01. The van der Waals surface area contributed by atoms with Gasteiger partial charge >= 0.3 is 0 Å². The van der Waals surface area contributed by atoms with Gasteiger partial charge in [0.05, 0.1) is 11.9 Å². The number of rotatable bonds is 3. The monoisotopic (exact) mass is 430 g/mol. The molecule has 0 radical (unpaired) electrons. The van der Waals surface area contributed by atoms with Crippen molar-refractivity contribution >= 4 is 27.3 Å². The van der Waals surface area contributed by atoms with Crippen LogP contribution in [-0.2, 0) is 10.0 Å². The highest BCUT2D eigenvalue weighted by molar-refractivity contribution is 7.92. The zero-order chi connectivity index (χ0) is 21.6. The molecule has 7 nitrogen and oxygen atoms in total. The Morgan fingerprint density at radius 1 is 1.27 bits per heavy atom. The Hall–Kier alpha value is -2.94. The molecule has 3 aromatic rings. The highest BCUT2D eigenvalue weighted by atomic mass is 32.2. The van der Waals surface area contributed by atoms with Gasteiger partial charge in [-0.1, -0.05) is 6.92 Å². The topological polar surface area (TPSA) is 83.8 Å². The van der Waals surface area contributed by atoms with Crippen molar-refractivity contribution in [1.82, 2.24) is 14.7 Å². The van der Waals surface area contributed by atoms with E-state index in [1.807, 2.05) is 13.1 Å². The predicted octanol–water partition coefficient (Wildman–Crippen LogP) is 3.16. The average Bonchev–Trinajstić information content (AvgIpc) is 2.98. The third kappa shape index (κ3) is 3.43. The van der Waals surface area contributed by atoms with E-state index in [0.717, 1.165) is 18.4 Å². The molecule has 0 spiro atoms. The number of hydrogen-bond acceptors (Lipinski definition) is 4. The Bertz CT molecular complexity index is 1240. The van der Waals surface area contributed by atoms with Crippen LogP contribution in [0.15, 0.2) is 36.5 Å². The number of nitrogens with one attached hydrogen (secondary N) is 1. The lowest BCUT2D eigenvalue weighted by atomic mass is 9.98. The Morgan fingerprint density at radius 3 is 2.60 bits per heavy atom. The summed E-state index contributed by atoms with van der Waals surface area (Å²) in [5.74, 6) is -0.596. The molecule has 1 N–H and O–H groups in total. The minimum absolute atomic E-state index is 0.116. The van der Waals surface area contributed by atoms with Gasteiger partial charge in [-0.15, -0.1) is 0 Å². The first kappa shape index (κ1) is 20.3. The van der Waals surface area contributed by atoms with Crippen molar-refractivity contribution < 1.29 is 17.6 Å². The van der Waals surface area contributed by atoms with Crippen LogP contribution in [0, 0.1) is 5.82 Å². The number of anilines is 1. The lowest BCUT2D eigenvalue weighted by Crippen LogP contribution is -2.30. The van der Waals surface area contributed by atoms with E-state index in [1.54, 1.807) is 22.6 Å². The summed E-state index contributed by atoms with van der Waals surface area (Å²) >= 11 is 0. The van der Waals surface area contributed by atoms with Gasteiger partial charge in [0, 0.05) is 31.4 Å². The number of carbonyl (C=O) groups excluding carboxylic acids is 1. The molecule has 2 aromatic heterocycles. The van der Waals surface area contributed by atoms with Gasteiger partial charge < -0.3 is 5.32 Å². The van der Waals surface area contributed by atoms with Gasteiger partial charge in [-0.2, -0.15) is 0 Å². The molecule has 3 heterocycles. The minimum Gasteiger partial charge on any atom is -0.354 e. The molecule has 0 saturated carbocycles. The molecular weight excluding hydrogens is 407 g/mol. The molecule has 0 bridgehead atoms. The van der Waals surface area contributed by atoms with E-state index in [2.05, 4.69) is 10.3 Å². The maximum absolute atomic E-state index is 13.4. The summed E-state index contributed by atoms with van der Waals surface area (Å²) in [6, 6.07) is 7.49. The number of fused-ring (bicyclic) bond motifs is 2. The van der Waals surface area contributed by atoms with E-state index >= 15 is 0 Å². The number of sulfonamides is 1. The number of nitrogens with zero attached hydrogens (tertiary/aromatic N) is 3. The summed E-state index contributed by atoms with van der Waals surface area (Å²) in [6.45, 7) is 2.45. The number of pyridine rings is 1. The van der Waals surface area contributed by atoms with E-state index in [0.29, 0.717) is 34.8 Å². The normalized spacial score (nSPS) is 16.9. The standard InChI is InChI=1S/C21H23FN4O3S/c1-13-5-4-10-26(30(3,28)29)17-11-18-24-19(14-6-8-15(22)9-7-14)20(21(27)23-2)25(18)12-16(13)17/h6-9,11-13H,4-5,10H2,1-3H3,(H,23,27). The summed E-state index contributed by atoms with van der Waals surface area (Å²) < 4.78 is 41.4. The fourth-order valence-electron chi connectivity index (χ4n) is 3.99. The van der Waals surface area contributed by atoms with Gasteiger partial charge in [0.15, 0.2) is 0 Å². The first-order valence-electron chi connectivity index (χ1n) is 9.72. The van der Waals surface area contributed by atoms with Gasteiger partial charge in [0.2, 0.25) is 10.0 Å². The summed E-state index contributed by atoms with van der Waals surface area (Å²) in [6.07, 6.45) is 4.58. The van der Waals surface area contributed by atoms with Gasteiger partial charge in [0.25, 0.3) is 5.91 Å². The Labute approximate surface area is 174 Å². The van der Waals surface area contributed by atoms with Crippen LogP contribution in [0.1, 0.15) is 41.7 Å². The van der Waals surface area contributed by atoms with Crippen molar-refractivity contribution in [2.24, 2.45) is 0 Å². The minimum atomic E-state index is -3.46. The molecule has 1 aliphatic rings. The van der Waals surface area contributed by atoms with Crippen LogP contribution in [0.25, 0.3) is 16.9 Å². The van der Waals surface area contributed by atoms with Crippen LogP contribution in [0.4, 0.5) is 10.1 Å². The predicted molar refractivity (Wildman–Crippen MR) is 114 cm³/mol. The van der Waals surface area contributed by atoms with Crippen LogP contribution in [0.2, 0.25) is 0 Å². The third-order valence-electron chi connectivity index (χ3n) is 5.53. The van der Waals surface area contributed by atoms with E-state index in [-0.39, 0.29) is 17.6 Å². The quantitative estimate of drug-likeness (QED) is 0.692. The highest BCUT2D eigenvalue weighted by Crippen LogP contribution is 2.37. The van der Waals surface area contributed by atoms with E-state index in [4.69, 9.17) is 0 Å². The first-order valence-corrected chi connectivity index (χ1v) is 11.6. The molecule has 30 heavy (non-hydrogen) atoms. The summed E-state index contributed by atoms with van der Waals surface area (Å²) in [7, 11) is -1.93. The van der Waals surface area contributed by atoms with Crippen LogP contribution >= 0.6 is 0 Å². The number of imidazole rings is 1. The fraction of sp³-hybridized carbons (Fsp3) is 0.333. The molecule has 0 fully saturated rings. The van der Waals surface area contributed by atoms with E-state index in [1.165, 1.54) is 29.7 Å². The van der Waals surface area contributed by atoms with Gasteiger partial charge in [-0.05, 0) is 48.6 Å². The first-order chi connectivity index (χ1) is 14.2. The lowest BCUT2D eigenvalue weighted by molar-refractivity contribution is 0.0958. The summed E-state index contributed by atoms with van der Waals surface area (Å²) in [5, 5.41) is 2.64. The molecule has 1 aliphatic heterocycles. The van der Waals surface area contributed by atoms with Crippen molar-refractivity contribution in [3.05, 3.63) is 53.6 Å². The van der Waals surface area contributed by atoms with Crippen LogP contribution in [0.3, 0.4) is 0 Å². The molecule has 1 amide bonds. The van der Waals surface area contributed by atoms with Crippen LogP contribution < -0.4 is 9.62 Å². The Morgan fingerprint density at radius 2 is 1.97 bits per heavy atom. The van der Waals surface area contributed by atoms with Gasteiger partial charge in [-0.25, -0.2) is 17.8 Å². The molecule has 0 aliphatic carbocycles. The molecule has 1 atom stereocenters. The maximum Gasteiger partial charge on any atom is 0.270 e. The van der Waals surface area contributed by atoms with Crippen molar-refractivity contribution in [2.45, 2.75) is 25.7 Å². The summed E-state index contributed by atoms with van der Waals surface area (Å²) in [5.41, 5.74) is 3.22. The second-order valence-electron chi connectivity index (χ2n) is 7.62. The maximum atomic E-state index is 13.4. The van der Waals surface area contributed by atoms with E-state index < -0.39 is 10.0 Å². The number of hydrogen-bond donors (Lipinski definition) is 1. The van der Waals surface area contributed by atoms with Crippen LogP contribution in [0.5, 0.6) is 0 Å². The zero-order valence-corrected chi connectivity index (χ0v) is 17.8. The Balaban J connectivity index is 2.03. The molecular formula is C21H23FN4O3S. The lowest BCUT2D eigenvalue weighted by Gasteiger charge is -2.23. The molecule has 0 saturated heterocycles. The van der Waals surface area contributed by atoms with Gasteiger partial charge in [-0.3, -0.25) is 13.5 Å². The van der Waals surface area contributed by atoms with Gasteiger partial charge in [0.1, 0.15) is 22.9 Å². The van der Waals surface area contributed by atoms with Crippen molar-refractivity contribution in [1.29, 1.82) is 0 Å². The number of halogens is 1. The second kappa shape index (κ2) is 7.39. The van der Waals surface area contributed by atoms with Crippen molar-refractivity contribution in [2.75, 3.05) is 24.2 Å². The third-order valence-corrected chi connectivity index (χ3v) is 6.71. The molecule has 1 unspecified atom stereocenters. The number of benzene rings is 1. The van der Waals surface area contributed by atoms with Crippen LogP contribution in [-0.4, -0.2) is 43.6 Å². The highest BCUT2D eigenvalue weighted by Gasteiger charge is 2.29. The number of aromatic nitrogens is 2. The van der Waals surface area contributed by atoms with Crippen molar-refractivity contribution in [3.8, 4) is 11.3 Å². The smallest absolute Gasteiger partial charge is 0.270 e. The summed E-state index contributed by atoms with van der Waals surface area (Å²) in [4.78, 5) is 17.4. The largest absolute Gasteiger partial charge is 0.354 e. The average molecular weight is 431 g/mol. The SMILES string of the molecule is CNC(=O)c1c(-c2ccc(F)cc2)nc2cc3c(cn12)C(C)CCCN3S(C)(=O)=O. The molecule has 4 rings (SSSR count). The second-order valence-corrected chi connectivity index (χ2v) is 9.52.